The second kappa shape index (κ2) is 12.6. The van der Waals surface area contributed by atoms with Crippen LogP contribution in [0.1, 0.15) is 0 Å². The topological polar surface area (TPSA) is 56.7 Å². The fourth-order valence-electron chi connectivity index (χ4n) is 8.36. The van der Waals surface area contributed by atoms with E-state index in [1.54, 1.807) is 0 Å². The zero-order chi connectivity index (χ0) is 37.5. The first-order valence-electron chi connectivity index (χ1n) is 19.0. The van der Waals surface area contributed by atoms with Gasteiger partial charge in [0.15, 0.2) is 17.5 Å². The summed E-state index contributed by atoms with van der Waals surface area (Å²) in [5.74, 6) is 1.85. The van der Waals surface area contributed by atoms with Crippen LogP contribution in [0.5, 0.6) is 0 Å². The highest BCUT2D eigenvalue weighted by Crippen LogP contribution is 2.43. The van der Waals surface area contributed by atoms with Gasteiger partial charge in [-0.05, 0) is 60.2 Å². The first-order valence-corrected chi connectivity index (χ1v) is 19.8. The van der Waals surface area contributed by atoms with Crippen LogP contribution in [0.2, 0.25) is 0 Å². The molecular weight excluding hydrogens is 717 g/mol. The number of aromatic nitrogens is 4. The summed E-state index contributed by atoms with van der Waals surface area (Å²) in [4.78, 5) is 14.8. The molecule has 4 heterocycles. The van der Waals surface area contributed by atoms with Crippen molar-refractivity contribution in [1.82, 2.24) is 19.5 Å². The molecule has 266 valence electrons. The highest BCUT2D eigenvalue weighted by Gasteiger charge is 2.19. The Hall–Kier alpha value is -7.41. The van der Waals surface area contributed by atoms with Crippen molar-refractivity contribution in [2.45, 2.75) is 0 Å². The molecule has 0 unspecified atom stereocenters. The van der Waals surface area contributed by atoms with Crippen LogP contribution < -0.4 is 0 Å². The first kappa shape index (κ1) is 31.9. The van der Waals surface area contributed by atoms with Gasteiger partial charge in [0.1, 0.15) is 11.2 Å². The van der Waals surface area contributed by atoms with E-state index in [0.29, 0.717) is 17.5 Å². The van der Waals surface area contributed by atoms with E-state index in [2.05, 4.69) is 126 Å². The molecule has 0 amide bonds. The largest absolute Gasteiger partial charge is 0.455 e. The molecule has 0 radical (unpaired) electrons. The molecule has 8 aromatic carbocycles. The second-order valence-electron chi connectivity index (χ2n) is 14.4. The Morgan fingerprint density at radius 1 is 0.386 bits per heavy atom. The summed E-state index contributed by atoms with van der Waals surface area (Å²) in [5, 5.41) is 7.15. The van der Waals surface area contributed by atoms with Gasteiger partial charge in [0, 0.05) is 69.7 Å². The number of thiophene rings is 1. The van der Waals surface area contributed by atoms with Gasteiger partial charge in [-0.25, -0.2) is 15.0 Å². The number of nitrogens with zero attached hydrogens (tertiary/aromatic N) is 4. The SMILES string of the molecule is c1ccc(-c2nc(-c3ccccc3)nc(-c3ccc4c(c3)oc3c(-c5ccc6c(c5)c5cc7sc8ccccc8c7cc5n6-c5ccccc5)cccc34)n2)cc1. The van der Waals surface area contributed by atoms with Gasteiger partial charge in [-0.2, -0.15) is 0 Å². The number of hydrogen-bond donors (Lipinski definition) is 0. The van der Waals surface area contributed by atoms with E-state index in [-0.39, 0.29) is 0 Å². The third-order valence-electron chi connectivity index (χ3n) is 11.0. The third-order valence-corrected chi connectivity index (χ3v) is 12.2. The standard InChI is InChI=1S/C51H30N4OS/c1-4-13-31(14-5-1)49-52-50(32-15-6-2-7-16-32)54-51(53-49)34-23-25-37-39-21-12-20-36(48(39)56-45(37)28-34)33-24-26-43-40(27-33)41-30-47-42(38-19-10-11-22-46(38)57-47)29-44(41)55(43)35-17-8-3-9-18-35/h1-30H. The Labute approximate surface area is 330 Å². The van der Waals surface area contributed by atoms with Crippen molar-refractivity contribution in [3.63, 3.8) is 0 Å². The Morgan fingerprint density at radius 3 is 1.77 bits per heavy atom. The molecule has 12 aromatic rings. The maximum absolute atomic E-state index is 6.82. The number of benzene rings is 8. The fraction of sp³-hybridized carbons (Fsp3) is 0. The van der Waals surface area contributed by atoms with Crippen LogP contribution in [0.3, 0.4) is 0 Å². The normalized spacial score (nSPS) is 11.9. The van der Waals surface area contributed by atoms with Gasteiger partial charge >= 0.3 is 0 Å². The molecule has 0 N–H and O–H groups in total. The predicted octanol–water partition coefficient (Wildman–Crippen LogP) is 13.9. The van der Waals surface area contributed by atoms with Crippen LogP contribution in [-0.4, -0.2) is 19.5 Å². The molecule has 0 fully saturated rings. The van der Waals surface area contributed by atoms with Crippen LogP contribution >= 0.6 is 11.3 Å². The maximum Gasteiger partial charge on any atom is 0.164 e. The molecule has 0 aliphatic heterocycles. The Bertz CT molecular complexity index is 3460. The molecule has 57 heavy (non-hydrogen) atoms. The molecule has 6 heteroatoms. The number of fused-ring (bicyclic) bond motifs is 9. The van der Waals surface area contributed by atoms with E-state index in [4.69, 9.17) is 19.4 Å². The van der Waals surface area contributed by atoms with Gasteiger partial charge < -0.3 is 8.98 Å². The smallest absolute Gasteiger partial charge is 0.164 e. The lowest BCUT2D eigenvalue weighted by atomic mass is 10.00. The minimum atomic E-state index is 0.596. The van der Waals surface area contributed by atoms with Gasteiger partial charge in [0.25, 0.3) is 0 Å². The maximum atomic E-state index is 6.82. The number of hydrogen-bond acceptors (Lipinski definition) is 5. The zero-order valence-electron chi connectivity index (χ0n) is 30.4. The van der Waals surface area contributed by atoms with Crippen molar-refractivity contribution < 1.29 is 4.42 Å². The van der Waals surface area contributed by atoms with Gasteiger partial charge in [0.05, 0.1) is 11.0 Å². The number of rotatable bonds is 5. The molecule has 0 atom stereocenters. The van der Waals surface area contributed by atoms with Gasteiger partial charge in [-0.1, -0.05) is 127 Å². The molecular formula is C51H30N4OS. The molecule has 0 aliphatic carbocycles. The lowest BCUT2D eigenvalue weighted by Gasteiger charge is -2.08. The van der Waals surface area contributed by atoms with Crippen molar-refractivity contribution in [3.05, 3.63) is 182 Å². The van der Waals surface area contributed by atoms with Gasteiger partial charge in [-0.15, -0.1) is 11.3 Å². The molecule has 5 nitrogen and oxygen atoms in total. The average Bonchev–Trinajstić information content (AvgIpc) is 3.95. The minimum absolute atomic E-state index is 0.596. The second-order valence-corrected chi connectivity index (χ2v) is 15.5. The first-order chi connectivity index (χ1) is 28.2. The van der Waals surface area contributed by atoms with Crippen LogP contribution in [0.4, 0.5) is 0 Å². The van der Waals surface area contributed by atoms with E-state index in [1.165, 1.54) is 42.0 Å². The quantitative estimate of drug-likeness (QED) is 0.176. The van der Waals surface area contributed by atoms with Crippen LogP contribution in [-0.2, 0) is 0 Å². The van der Waals surface area contributed by atoms with Crippen molar-refractivity contribution in [1.29, 1.82) is 0 Å². The van der Waals surface area contributed by atoms with Gasteiger partial charge in [0.2, 0.25) is 0 Å². The molecule has 0 saturated carbocycles. The van der Waals surface area contributed by atoms with E-state index in [0.717, 1.165) is 55.4 Å². The van der Waals surface area contributed by atoms with E-state index in [9.17, 15) is 0 Å². The highest BCUT2D eigenvalue weighted by molar-refractivity contribution is 7.25. The molecule has 0 aliphatic rings. The minimum Gasteiger partial charge on any atom is -0.455 e. The Kier molecular flexibility index (Phi) is 7.03. The van der Waals surface area contributed by atoms with E-state index < -0.39 is 0 Å². The monoisotopic (exact) mass is 746 g/mol. The Morgan fingerprint density at radius 2 is 1.02 bits per heavy atom. The molecule has 0 spiro atoms. The van der Waals surface area contributed by atoms with Crippen molar-refractivity contribution in [3.8, 4) is 51.0 Å². The third kappa shape index (κ3) is 5.12. The summed E-state index contributed by atoms with van der Waals surface area (Å²) < 4.78 is 11.8. The molecule has 12 rings (SSSR count). The molecule has 0 bridgehead atoms. The predicted molar refractivity (Wildman–Crippen MR) is 236 cm³/mol. The summed E-state index contributed by atoms with van der Waals surface area (Å²) in [6.07, 6.45) is 0. The average molecular weight is 747 g/mol. The lowest BCUT2D eigenvalue weighted by Crippen LogP contribution is -2.00. The van der Waals surface area contributed by atoms with Crippen LogP contribution in [0, 0.1) is 0 Å². The van der Waals surface area contributed by atoms with Crippen molar-refractivity contribution in [2.24, 2.45) is 0 Å². The van der Waals surface area contributed by atoms with E-state index >= 15 is 0 Å². The molecule has 4 aromatic heterocycles. The summed E-state index contributed by atoms with van der Waals surface area (Å²) in [7, 11) is 0. The van der Waals surface area contributed by atoms with Crippen LogP contribution in [0.15, 0.2) is 186 Å². The van der Waals surface area contributed by atoms with Gasteiger partial charge in [-0.3, -0.25) is 0 Å². The van der Waals surface area contributed by atoms with Crippen molar-refractivity contribution >= 4 is 75.3 Å². The zero-order valence-corrected chi connectivity index (χ0v) is 31.2. The van der Waals surface area contributed by atoms with E-state index in [1.807, 2.05) is 72.0 Å². The van der Waals surface area contributed by atoms with Crippen molar-refractivity contribution in [2.75, 3.05) is 0 Å². The number of para-hydroxylation sites is 2. The summed E-state index contributed by atoms with van der Waals surface area (Å²) in [6, 6.07) is 63.8. The van der Waals surface area contributed by atoms with Crippen LogP contribution in [0.25, 0.3) is 115 Å². The summed E-state index contributed by atoms with van der Waals surface area (Å²) >= 11 is 1.86. The summed E-state index contributed by atoms with van der Waals surface area (Å²) in [6.45, 7) is 0. The molecule has 0 saturated heterocycles. The fourth-order valence-corrected chi connectivity index (χ4v) is 9.49. The summed E-state index contributed by atoms with van der Waals surface area (Å²) in [5.41, 5.74) is 10.0. The lowest BCUT2D eigenvalue weighted by molar-refractivity contribution is 0.670. The Balaban J connectivity index is 1.03. The highest BCUT2D eigenvalue weighted by atomic mass is 32.1. The number of furan rings is 1.